The zero-order valence-electron chi connectivity index (χ0n) is 9.70. The maximum atomic E-state index is 3.43. The molecule has 1 heteroatoms. The molecular weight excluding hydrogens is 158 g/mol. The quantitative estimate of drug-likeness (QED) is 0.643. The molecule has 76 valence electrons. The Labute approximate surface area is 83.3 Å². The van der Waals surface area contributed by atoms with Crippen LogP contribution < -0.4 is 5.32 Å². The highest BCUT2D eigenvalue weighted by molar-refractivity contribution is 4.99. The molecule has 0 rings (SSSR count). The molecule has 1 unspecified atom stereocenters. The number of nitrogens with one attached hydrogen (secondary N) is 1. The predicted molar refractivity (Wildman–Crippen MR) is 59.6 cm³/mol. The Balaban J connectivity index is 3.90. The third-order valence-electron chi connectivity index (χ3n) is 2.16. The van der Waals surface area contributed by atoms with Crippen LogP contribution in [-0.2, 0) is 0 Å². The Kier molecular flexibility index (Phi) is 5.82. The first-order valence-corrected chi connectivity index (χ1v) is 5.15. The van der Waals surface area contributed by atoms with Crippen LogP contribution in [0.15, 0.2) is 0 Å². The lowest BCUT2D eigenvalue weighted by Crippen LogP contribution is -2.30. The van der Waals surface area contributed by atoms with Crippen LogP contribution in [0.1, 0.15) is 47.5 Å². The van der Waals surface area contributed by atoms with Crippen molar-refractivity contribution in [2.24, 2.45) is 5.41 Å². The Morgan fingerprint density at radius 1 is 1.38 bits per heavy atom. The average molecular weight is 181 g/mol. The largest absolute Gasteiger partial charge is 0.315 e. The van der Waals surface area contributed by atoms with E-state index in [1.807, 2.05) is 6.92 Å². The summed E-state index contributed by atoms with van der Waals surface area (Å²) in [6.07, 6.45) is 2.19. The van der Waals surface area contributed by atoms with E-state index in [4.69, 9.17) is 0 Å². The van der Waals surface area contributed by atoms with Gasteiger partial charge in [-0.25, -0.2) is 0 Å². The fourth-order valence-corrected chi connectivity index (χ4v) is 1.65. The molecule has 0 heterocycles. The second-order valence-electron chi connectivity index (χ2n) is 4.43. The van der Waals surface area contributed by atoms with Gasteiger partial charge in [0.25, 0.3) is 0 Å². The molecule has 0 fully saturated rings. The molecule has 0 aromatic rings. The second kappa shape index (κ2) is 6.05. The summed E-state index contributed by atoms with van der Waals surface area (Å²) in [4.78, 5) is 0. The fourth-order valence-electron chi connectivity index (χ4n) is 1.65. The lowest BCUT2D eigenvalue weighted by Gasteiger charge is -2.26. The van der Waals surface area contributed by atoms with Crippen molar-refractivity contribution < 1.29 is 0 Å². The van der Waals surface area contributed by atoms with Gasteiger partial charge in [0.2, 0.25) is 0 Å². The van der Waals surface area contributed by atoms with E-state index < -0.39 is 0 Å². The summed E-state index contributed by atoms with van der Waals surface area (Å²) in [7, 11) is 0. The molecule has 13 heavy (non-hydrogen) atoms. The lowest BCUT2D eigenvalue weighted by atomic mass is 9.83. The van der Waals surface area contributed by atoms with Gasteiger partial charge < -0.3 is 5.32 Å². The van der Waals surface area contributed by atoms with Crippen LogP contribution in [0.4, 0.5) is 0 Å². The van der Waals surface area contributed by atoms with E-state index in [0.29, 0.717) is 11.5 Å². The highest BCUT2D eigenvalue weighted by Crippen LogP contribution is 2.25. The van der Waals surface area contributed by atoms with Crippen LogP contribution >= 0.6 is 0 Å². The molecule has 0 aliphatic carbocycles. The number of rotatable bonds is 5. The molecule has 0 saturated heterocycles. The summed E-state index contributed by atoms with van der Waals surface area (Å²) in [5.74, 6) is 6.12. The minimum Gasteiger partial charge on any atom is -0.315 e. The van der Waals surface area contributed by atoms with Crippen LogP contribution in [0.25, 0.3) is 0 Å². The summed E-state index contributed by atoms with van der Waals surface area (Å²) in [6, 6.07) is 0.596. The average Bonchev–Trinajstić information content (AvgIpc) is 2.00. The molecule has 1 N–H and O–H groups in total. The summed E-state index contributed by atoms with van der Waals surface area (Å²) in [5.41, 5.74) is 0.338. The van der Waals surface area contributed by atoms with Crippen molar-refractivity contribution in [3.05, 3.63) is 0 Å². The summed E-state index contributed by atoms with van der Waals surface area (Å²) >= 11 is 0. The van der Waals surface area contributed by atoms with Gasteiger partial charge in [0.05, 0.1) is 0 Å². The van der Waals surface area contributed by atoms with Crippen LogP contribution in [-0.4, -0.2) is 12.6 Å². The molecular formula is C12H23N. The lowest BCUT2D eigenvalue weighted by molar-refractivity contribution is 0.298. The molecule has 1 atom stereocenters. The van der Waals surface area contributed by atoms with E-state index in [1.54, 1.807) is 0 Å². The van der Waals surface area contributed by atoms with Gasteiger partial charge in [-0.15, -0.1) is 11.8 Å². The zero-order chi connectivity index (χ0) is 10.3. The zero-order valence-corrected chi connectivity index (χ0v) is 9.70. The molecule has 0 radical (unpaired) electrons. The first-order chi connectivity index (χ1) is 6.02. The molecule has 0 amide bonds. The molecule has 0 bridgehead atoms. The Morgan fingerprint density at radius 2 is 2.00 bits per heavy atom. The topological polar surface area (TPSA) is 12.0 Å². The van der Waals surface area contributed by atoms with Gasteiger partial charge in [-0.05, 0) is 32.2 Å². The van der Waals surface area contributed by atoms with Gasteiger partial charge in [0.15, 0.2) is 0 Å². The molecule has 0 saturated carbocycles. The molecule has 0 spiro atoms. The van der Waals surface area contributed by atoms with Gasteiger partial charge >= 0.3 is 0 Å². The van der Waals surface area contributed by atoms with E-state index in [-0.39, 0.29) is 0 Å². The number of hydrogen-bond acceptors (Lipinski definition) is 1. The van der Waals surface area contributed by atoms with E-state index in [0.717, 1.165) is 13.0 Å². The highest BCUT2D eigenvalue weighted by atomic mass is 14.9. The Hall–Kier alpha value is -0.480. The molecule has 0 aliphatic rings. The Morgan fingerprint density at radius 3 is 2.46 bits per heavy atom. The van der Waals surface area contributed by atoms with Crippen molar-refractivity contribution in [1.29, 1.82) is 0 Å². The van der Waals surface area contributed by atoms with Gasteiger partial charge in [-0.2, -0.15) is 0 Å². The second-order valence-corrected chi connectivity index (χ2v) is 4.43. The standard InChI is InChI=1S/C12H23N/c1-6-8-9-12(4,5)10-11(3)13-7-2/h11,13H,7,9-10H2,1-5H3. The van der Waals surface area contributed by atoms with Crippen molar-refractivity contribution in [2.45, 2.75) is 53.5 Å². The van der Waals surface area contributed by atoms with E-state index in [2.05, 4.69) is 44.9 Å². The van der Waals surface area contributed by atoms with Gasteiger partial charge in [0, 0.05) is 12.5 Å². The summed E-state index contributed by atoms with van der Waals surface area (Å²) < 4.78 is 0. The van der Waals surface area contributed by atoms with Gasteiger partial charge in [-0.3, -0.25) is 0 Å². The smallest absolute Gasteiger partial charge is 0.0140 e. The van der Waals surface area contributed by atoms with E-state index in [9.17, 15) is 0 Å². The van der Waals surface area contributed by atoms with Crippen molar-refractivity contribution >= 4 is 0 Å². The van der Waals surface area contributed by atoms with E-state index >= 15 is 0 Å². The predicted octanol–water partition coefficient (Wildman–Crippen LogP) is 2.81. The molecule has 1 nitrogen and oxygen atoms in total. The van der Waals surface area contributed by atoms with Crippen molar-refractivity contribution in [3.8, 4) is 11.8 Å². The monoisotopic (exact) mass is 181 g/mol. The summed E-state index contributed by atoms with van der Waals surface area (Å²) in [5, 5.41) is 3.43. The van der Waals surface area contributed by atoms with Crippen molar-refractivity contribution in [2.75, 3.05) is 6.54 Å². The Bertz CT molecular complexity index is 183. The fraction of sp³-hybridized carbons (Fsp3) is 0.833. The van der Waals surface area contributed by atoms with Crippen LogP contribution in [0.3, 0.4) is 0 Å². The van der Waals surface area contributed by atoms with E-state index in [1.165, 1.54) is 6.42 Å². The third kappa shape index (κ3) is 6.66. The van der Waals surface area contributed by atoms with Crippen molar-refractivity contribution in [3.63, 3.8) is 0 Å². The van der Waals surface area contributed by atoms with Crippen molar-refractivity contribution in [1.82, 2.24) is 5.32 Å². The number of hydrogen-bond donors (Lipinski definition) is 1. The molecule has 0 aliphatic heterocycles. The minimum absolute atomic E-state index is 0.338. The third-order valence-corrected chi connectivity index (χ3v) is 2.16. The SMILES string of the molecule is CC#CCC(C)(C)CC(C)NCC. The van der Waals surface area contributed by atoms with Crippen LogP contribution in [0, 0.1) is 17.3 Å². The maximum Gasteiger partial charge on any atom is 0.0140 e. The summed E-state index contributed by atoms with van der Waals surface area (Å²) in [6.45, 7) is 11.9. The maximum absolute atomic E-state index is 3.43. The normalized spacial score (nSPS) is 13.3. The van der Waals surface area contributed by atoms with Gasteiger partial charge in [-0.1, -0.05) is 20.8 Å². The minimum atomic E-state index is 0.338. The molecule has 0 aromatic heterocycles. The van der Waals surface area contributed by atoms with Crippen LogP contribution in [0.2, 0.25) is 0 Å². The first kappa shape index (κ1) is 12.5. The van der Waals surface area contributed by atoms with Crippen LogP contribution in [0.5, 0.6) is 0 Å². The first-order valence-electron chi connectivity index (χ1n) is 5.15. The molecule has 0 aromatic carbocycles. The highest BCUT2D eigenvalue weighted by Gasteiger charge is 2.19. The van der Waals surface area contributed by atoms with Gasteiger partial charge in [0.1, 0.15) is 0 Å².